The van der Waals surface area contributed by atoms with Crippen LogP contribution in [0.25, 0.3) is 21.7 Å². The Morgan fingerprint density at radius 1 is 1.19 bits per heavy atom. The van der Waals surface area contributed by atoms with Gasteiger partial charge >= 0.3 is 0 Å². The molecule has 3 heteroatoms. The van der Waals surface area contributed by atoms with Gasteiger partial charge in [-0.3, -0.25) is 0 Å². The lowest BCUT2D eigenvalue weighted by molar-refractivity contribution is 0.515. The van der Waals surface area contributed by atoms with Crippen molar-refractivity contribution in [2.45, 2.75) is 32.2 Å². The SMILES string of the molecule is CCNCc1oc2c(cc(Cl)c3ccccc32)c1C1CC1. The summed E-state index contributed by atoms with van der Waals surface area (Å²) in [7, 11) is 0. The molecule has 1 aliphatic carbocycles. The average molecular weight is 300 g/mol. The molecule has 0 bridgehead atoms. The molecule has 4 rings (SSSR count). The van der Waals surface area contributed by atoms with Crippen molar-refractivity contribution in [1.29, 1.82) is 0 Å². The maximum absolute atomic E-state index is 6.49. The number of benzene rings is 2. The minimum atomic E-state index is 0.650. The highest BCUT2D eigenvalue weighted by Crippen LogP contribution is 2.48. The molecule has 1 fully saturated rings. The first kappa shape index (κ1) is 13.2. The topological polar surface area (TPSA) is 25.2 Å². The van der Waals surface area contributed by atoms with Crippen LogP contribution < -0.4 is 5.32 Å². The fourth-order valence-corrected chi connectivity index (χ4v) is 3.41. The van der Waals surface area contributed by atoms with Crippen molar-refractivity contribution < 1.29 is 4.42 Å². The number of fused-ring (bicyclic) bond motifs is 3. The van der Waals surface area contributed by atoms with E-state index in [2.05, 4.69) is 30.4 Å². The second-order valence-electron chi connectivity index (χ2n) is 5.77. The van der Waals surface area contributed by atoms with Gasteiger partial charge in [-0.15, -0.1) is 0 Å². The van der Waals surface area contributed by atoms with Gasteiger partial charge in [0.2, 0.25) is 0 Å². The van der Waals surface area contributed by atoms with E-state index < -0.39 is 0 Å². The van der Waals surface area contributed by atoms with Crippen molar-refractivity contribution in [1.82, 2.24) is 5.32 Å². The fraction of sp³-hybridized carbons (Fsp3) is 0.333. The van der Waals surface area contributed by atoms with Crippen LogP contribution in [0.1, 0.15) is 37.0 Å². The predicted molar refractivity (Wildman–Crippen MR) is 88.1 cm³/mol. The Hall–Kier alpha value is -1.51. The molecule has 1 heterocycles. The van der Waals surface area contributed by atoms with Gasteiger partial charge in [-0.1, -0.05) is 42.8 Å². The molecule has 0 atom stereocenters. The molecule has 1 aliphatic rings. The van der Waals surface area contributed by atoms with Crippen molar-refractivity contribution >= 4 is 33.3 Å². The van der Waals surface area contributed by atoms with Gasteiger partial charge in [0.25, 0.3) is 0 Å². The smallest absolute Gasteiger partial charge is 0.142 e. The molecule has 1 aromatic heterocycles. The maximum atomic E-state index is 6.49. The normalized spacial score (nSPS) is 15.1. The van der Waals surface area contributed by atoms with Crippen LogP contribution in [0, 0.1) is 0 Å². The average Bonchev–Trinajstić information content (AvgIpc) is 3.27. The molecule has 0 spiro atoms. The molecule has 0 amide bonds. The molecule has 3 aromatic rings. The number of rotatable bonds is 4. The first-order chi connectivity index (χ1) is 10.3. The minimum absolute atomic E-state index is 0.650. The number of halogens is 1. The van der Waals surface area contributed by atoms with E-state index in [1.807, 2.05) is 12.1 Å². The Kier molecular flexibility index (Phi) is 3.16. The Labute approximate surface area is 129 Å². The van der Waals surface area contributed by atoms with E-state index in [-0.39, 0.29) is 0 Å². The number of hydrogen-bond donors (Lipinski definition) is 1. The van der Waals surface area contributed by atoms with Crippen molar-refractivity contribution in [3.8, 4) is 0 Å². The lowest BCUT2D eigenvalue weighted by Gasteiger charge is -2.02. The van der Waals surface area contributed by atoms with E-state index in [0.717, 1.165) is 40.2 Å². The molecule has 0 saturated heterocycles. The minimum Gasteiger partial charge on any atom is -0.459 e. The lowest BCUT2D eigenvalue weighted by atomic mass is 10.0. The molecule has 108 valence electrons. The summed E-state index contributed by atoms with van der Waals surface area (Å²) in [5.41, 5.74) is 2.36. The van der Waals surface area contributed by atoms with Crippen LogP contribution in [0.2, 0.25) is 5.02 Å². The van der Waals surface area contributed by atoms with Crippen LogP contribution in [0.5, 0.6) is 0 Å². The van der Waals surface area contributed by atoms with E-state index in [9.17, 15) is 0 Å². The second kappa shape index (κ2) is 5.04. The van der Waals surface area contributed by atoms with E-state index >= 15 is 0 Å². The standard InChI is InChI=1S/C18H18ClNO/c1-2-20-10-16-17(11-7-8-11)14-9-15(19)12-5-3-4-6-13(12)18(14)21-16/h3-6,9,11,20H,2,7-8,10H2,1H3. The van der Waals surface area contributed by atoms with Crippen molar-refractivity contribution in [2.75, 3.05) is 6.54 Å². The Bertz CT molecular complexity index is 817. The molecule has 0 aliphatic heterocycles. The Morgan fingerprint density at radius 2 is 1.95 bits per heavy atom. The van der Waals surface area contributed by atoms with Gasteiger partial charge in [0, 0.05) is 26.7 Å². The quantitative estimate of drug-likeness (QED) is 0.714. The van der Waals surface area contributed by atoms with Crippen molar-refractivity contribution in [2.24, 2.45) is 0 Å². The van der Waals surface area contributed by atoms with Crippen LogP contribution in [0.3, 0.4) is 0 Å². The molecule has 1 N–H and O–H groups in total. The highest BCUT2D eigenvalue weighted by Gasteiger charge is 2.31. The van der Waals surface area contributed by atoms with Gasteiger partial charge in [-0.25, -0.2) is 0 Å². The highest BCUT2D eigenvalue weighted by molar-refractivity contribution is 6.37. The van der Waals surface area contributed by atoms with Gasteiger partial charge in [-0.05, 0) is 31.4 Å². The summed E-state index contributed by atoms with van der Waals surface area (Å²) in [5, 5.41) is 7.59. The zero-order valence-electron chi connectivity index (χ0n) is 12.1. The fourth-order valence-electron chi connectivity index (χ4n) is 3.13. The number of hydrogen-bond acceptors (Lipinski definition) is 2. The molecule has 0 unspecified atom stereocenters. The monoisotopic (exact) mass is 299 g/mol. The van der Waals surface area contributed by atoms with E-state index in [4.69, 9.17) is 16.0 Å². The van der Waals surface area contributed by atoms with Crippen LogP contribution in [-0.4, -0.2) is 6.54 Å². The van der Waals surface area contributed by atoms with Gasteiger partial charge in [0.05, 0.1) is 6.54 Å². The molecule has 1 saturated carbocycles. The molecular weight excluding hydrogens is 282 g/mol. The summed E-state index contributed by atoms with van der Waals surface area (Å²) >= 11 is 6.49. The Morgan fingerprint density at radius 3 is 2.67 bits per heavy atom. The Balaban J connectivity index is 2.02. The zero-order valence-corrected chi connectivity index (χ0v) is 12.8. The summed E-state index contributed by atoms with van der Waals surface area (Å²) in [6.07, 6.45) is 2.52. The molecule has 21 heavy (non-hydrogen) atoms. The first-order valence-electron chi connectivity index (χ1n) is 7.62. The van der Waals surface area contributed by atoms with Gasteiger partial charge in [0.15, 0.2) is 0 Å². The maximum Gasteiger partial charge on any atom is 0.142 e. The van der Waals surface area contributed by atoms with Crippen molar-refractivity contribution in [3.63, 3.8) is 0 Å². The summed E-state index contributed by atoms with van der Waals surface area (Å²) < 4.78 is 6.25. The van der Waals surface area contributed by atoms with Gasteiger partial charge < -0.3 is 9.73 Å². The third kappa shape index (κ3) is 2.14. The van der Waals surface area contributed by atoms with E-state index in [1.165, 1.54) is 23.8 Å². The first-order valence-corrected chi connectivity index (χ1v) is 8.00. The third-order valence-corrected chi connectivity index (χ3v) is 4.59. The summed E-state index contributed by atoms with van der Waals surface area (Å²) in [4.78, 5) is 0. The molecule has 0 radical (unpaired) electrons. The zero-order chi connectivity index (χ0) is 14.4. The molecule has 2 aromatic carbocycles. The molecule has 2 nitrogen and oxygen atoms in total. The van der Waals surface area contributed by atoms with Crippen LogP contribution >= 0.6 is 11.6 Å². The van der Waals surface area contributed by atoms with E-state index in [0.29, 0.717) is 5.92 Å². The van der Waals surface area contributed by atoms with Crippen molar-refractivity contribution in [3.05, 3.63) is 46.7 Å². The molecular formula is C18H18ClNO. The lowest BCUT2D eigenvalue weighted by Crippen LogP contribution is -2.12. The number of nitrogens with one attached hydrogen (secondary N) is 1. The largest absolute Gasteiger partial charge is 0.459 e. The highest BCUT2D eigenvalue weighted by atomic mass is 35.5. The summed E-state index contributed by atoms with van der Waals surface area (Å²) in [6.45, 7) is 3.86. The second-order valence-corrected chi connectivity index (χ2v) is 6.18. The third-order valence-electron chi connectivity index (χ3n) is 4.28. The summed E-state index contributed by atoms with van der Waals surface area (Å²) in [6, 6.07) is 10.3. The van der Waals surface area contributed by atoms with Gasteiger partial charge in [-0.2, -0.15) is 0 Å². The van der Waals surface area contributed by atoms with E-state index in [1.54, 1.807) is 0 Å². The van der Waals surface area contributed by atoms with Gasteiger partial charge in [0.1, 0.15) is 11.3 Å². The predicted octanol–water partition coefficient (Wildman–Crippen LogP) is 5.23. The summed E-state index contributed by atoms with van der Waals surface area (Å²) in [5.74, 6) is 1.74. The van der Waals surface area contributed by atoms with Crippen LogP contribution in [0.15, 0.2) is 34.7 Å². The van der Waals surface area contributed by atoms with Crippen LogP contribution in [0.4, 0.5) is 0 Å². The van der Waals surface area contributed by atoms with Crippen LogP contribution in [-0.2, 0) is 6.54 Å². The number of furan rings is 1.